The van der Waals surface area contributed by atoms with Crippen LogP contribution in [0.2, 0.25) is 0 Å². The zero-order valence-electron chi connectivity index (χ0n) is 25.6. The average Bonchev–Trinajstić information content (AvgIpc) is 3.31. The minimum atomic E-state index is -3.38. The van der Waals surface area contributed by atoms with Crippen LogP contribution in [0.4, 0.5) is 0 Å². The number of hydrogen-bond donors (Lipinski definition) is 2. The lowest BCUT2D eigenvalue weighted by atomic mass is 9.82. The van der Waals surface area contributed by atoms with Crippen molar-refractivity contribution in [1.82, 2.24) is 5.32 Å². The molecule has 1 aliphatic heterocycles. The van der Waals surface area contributed by atoms with Gasteiger partial charge < -0.3 is 28.7 Å². The van der Waals surface area contributed by atoms with E-state index in [1.807, 2.05) is 6.08 Å². The van der Waals surface area contributed by atoms with Gasteiger partial charge in [0.2, 0.25) is 0 Å². The van der Waals surface area contributed by atoms with Crippen LogP contribution in [0.1, 0.15) is 32.6 Å². The van der Waals surface area contributed by atoms with E-state index in [-0.39, 0.29) is 12.5 Å². The van der Waals surface area contributed by atoms with Crippen molar-refractivity contribution in [1.29, 1.82) is 0 Å². The summed E-state index contributed by atoms with van der Waals surface area (Å²) in [4.78, 5) is 10.6. The Bertz CT molecular complexity index is 1790. The van der Waals surface area contributed by atoms with Crippen molar-refractivity contribution in [3.8, 4) is 118 Å². The number of hydrogen-bond acceptors (Lipinski definition) is 6. The van der Waals surface area contributed by atoms with Gasteiger partial charge in [-0.1, -0.05) is 30.3 Å². The molecule has 46 heavy (non-hydrogen) atoms. The van der Waals surface area contributed by atoms with Crippen LogP contribution in [-0.2, 0) is 30.3 Å². The number of methoxy groups -OCH3 is 1. The monoisotopic (exact) mass is 661 g/mol. The van der Waals surface area contributed by atoms with Gasteiger partial charge in [-0.15, -0.1) is 0 Å². The van der Waals surface area contributed by atoms with Gasteiger partial charge in [-0.05, 0) is 145 Å². The second-order valence-corrected chi connectivity index (χ2v) is 11.9. The molecule has 0 aromatic rings. The maximum Gasteiger partial charge on any atom is 0.324 e. The Morgan fingerprint density at radius 2 is 1.37 bits per heavy atom. The highest BCUT2D eigenvalue weighted by Gasteiger charge is 2.44. The van der Waals surface area contributed by atoms with Gasteiger partial charge >= 0.3 is 6.72 Å². The molecule has 1 saturated heterocycles. The van der Waals surface area contributed by atoms with E-state index >= 15 is 0 Å². The summed E-state index contributed by atoms with van der Waals surface area (Å²) in [7, 11) is 9.03. The Hall–Kier alpha value is -4.26. The Kier molecular flexibility index (Phi) is 22.5. The van der Waals surface area contributed by atoms with Crippen LogP contribution in [0, 0.1) is 124 Å². The van der Waals surface area contributed by atoms with Crippen LogP contribution in [-0.4, -0.2) is 63.3 Å². The molecule has 1 rings (SSSR count). The number of ether oxygens (including phenoxy) is 2. The van der Waals surface area contributed by atoms with E-state index in [1.165, 1.54) is 7.11 Å². The molecule has 1 fully saturated rings. The maximum absolute atomic E-state index is 10.1. The third-order valence-electron chi connectivity index (χ3n) is 5.38. The molecule has 0 saturated carbocycles. The van der Waals surface area contributed by atoms with Crippen LogP contribution >= 0.6 is 18.9 Å². The van der Waals surface area contributed by atoms with Crippen molar-refractivity contribution in [2.45, 2.75) is 50.8 Å². The van der Waals surface area contributed by atoms with Gasteiger partial charge in [0.25, 0.3) is 0 Å². The Morgan fingerprint density at radius 1 is 0.848 bits per heavy atom. The quantitative estimate of drug-likeness (QED) is 0.0827. The molecular weight excluding hydrogens is 632 g/mol. The molecule has 5 atom stereocenters. The van der Waals surface area contributed by atoms with E-state index in [9.17, 15) is 4.89 Å². The smallest absolute Gasteiger partial charge is 0.324 e. The molecule has 6 nitrogen and oxygen atoms in total. The summed E-state index contributed by atoms with van der Waals surface area (Å²) in [5.74, 6) is 51.0. The van der Waals surface area contributed by atoms with Crippen molar-refractivity contribution < 1.29 is 23.4 Å². The fourth-order valence-electron chi connectivity index (χ4n) is 3.41. The second kappa shape index (κ2) is 26.0. The molecule has 0 aliphatic carbocycles. The van der Waals surface area contributed by atoms with Crippen LogP contribution in [0.15, 0.2) is 12.2 Å². The Morgan fingerprint density at radius 3 is 1.87 bits per heavy atom. The molecule has 1 heterocycles. The zero-order chi connectivity index (χ0) is 33.7. The molecule has 1 aliphatic rings. The van der Waals surface area contributed by atoms with Gasteiger partial charge in [-0.3, -0.25) is 0 Å². The van der Waals surface area contributed by atoms with E-state index in [4.69, 9.17) is 50.4 Å². The highest BCUT2D eigenvalue weighted by molar-refractivity contribution is 8.07. The third-order valence-corrected chi connectivity index (χ3v) is 7.30. The molecule has 2 unspecified atom stereocenters. The molecule has 2 radical (unpaired) electrons. The van der Waals surface area contributed by atoms with Gasteiger partial charge in [-0.2, -0.15) is 0 Å². The first-order valence-electron chi connectivity index (χ1n) is 13.7. The summed E-state index contributed by atoms with van der Waals surface area (Å²) in [5, 5.41) is 3.09. The van der Waals surface area contributed by atoms with Crippen molar-refractivity contribution >= 4 is 43.6 Å². The first-order chi connectivity index (χ1) is 22.3. The summed E-state index contributed by atoms with van der Waals surface area (Å²) in [6.07, 6.45) is 6.46. The minimum absolute atomic E-state index is 0.197. The van der Waals surface area contributed by atoms with Gasteiger partial charge in [0.05, 0.1) is 6.61 Å². The number of unbranched alkanes of at least 4 members (excludes halogenated alkanes) is 2. The number of rotatable bonds is 12. The zero-order valence-corrected chi connectivity index (χ0v) is 28.2. The largest absolute Gasteiger partial charge is 0.382 e. The Labute approximate surface area is 285 Å². The van der Waals surface area contributed by atoms with Gasteiger partial charge in [0, 0.05) is 44.5 Å². The fraction of sp³-hybridized carbons (Fsp3) is 0.361. The van der Waals surface area contributed by atoms with Gasteiger partial charge in [0.1, 0.15) is 20.1 Å². The minimum Gasteiger partial charge on any atom is -0.382 e. The summed E-state index contributed by atoms with van der Waals surface area (Å²) >= 11 is 10.2. The van der Waals surface area contributed by atoms with Crippen molar-refractivity contribution in [3.63, 3.8) is 0 Å². The summed E-state index contributed by atoms with van der Waals surface area (Å²) in [6.45, 7) is -0.732. The standard InChI is InChI=1S/C36H29BNO5PS2/c1-4-5-6-7-8-9-10-11-12-13-14-15-16-17-18-19-20-23-26-29-34(45)38-30-27-24-21-22-25-28-32-35(43-44(39,46)41-3)33(31-40-2)42-36(32)37/h22,25,32-33,35-36H,21,24,27-28,30-31H2,1-3H3,(H,38,45)(H,39,46)/b25-22+/t32-,33+,35?,36+,44?/m0/s1. The van der Waals surface area contributed by atoms with Crippen LogP contribution in [0.5, 0.6) is 0 Å². The molecule has 0 aromatic carbocycles. The Balaban J connectivity index is 2.33. The number of nitrogens with one attached hydrogen (secondary N) is 1. The van der Waals surface area contributed by atoms with Crippen LogP contribution in [0.3, 0.4) is 0 Å². The predicted molar refractivity (Wildman–Crippen MR) is 190 cm³/mol. The van der Waals surface area contributed by atoms with Gasteiger partial charge in [-0.25, -0.2) is 0 Å². The van der Waals surface area contributed by atoms with Crippen LogP contribution in [0.25, 0.3) is 0 Å². The third kappa shape index (κ3) is 19.9. The van der Waals surface area contributed by atoms with E-state index < -0.39 is 24.9 Å². The molecule has 0 spiro atoms. The topological polar surface area (TPSA) is 69.2 Å². The van der Waals surface area contributed by atoms with E-state index in [1.54, 1.807) is 14.0 Å². The lowest BCUT2D eigenvalue weighted by Gasteiger charge is -2.26. The second-order valence-electron chi connectivity index (χ2n) is 8.56. The van der Waals surface area contributed by atoms with E-state index in [0.29, 0.717) is 18.0 Å². The number of allylic oxidation sites excluding steroid dienone is 2. The molecule has 0 amide bonds. The molecular formula is C36H29BNO5PS2. The normalized spacial score (nSPS) is 17.7. The molecule has 0 bridgehead atoms. The average molecular weight is 662 g/mol. The van der Waals surface area contributed by atoms with E-state index in [0.717, 1.165) is 19.3 Å². The number of thiocarbonyl (C=S) groups is 1. The molecule has 2 N–H and O–H groups in total. The maximum atomic E-state index is 10.1. The summed E-state index contributed by atoms with van der Waals surface area (Å²) in [6, 6.07) is -0.568. The van der Waals surface area contributed by atoms with Crippen molar-refractivity contribution in [2.75, 3.05) is 27.4 Å². The highest BCUT2D eigenvalue weighted by Crippen LogP contribution is 2.48. The predicted octanol–water partition coefficient (Wildman–Crippen LogP) is 2.48. The SMILES string of the molecule is [B][C@@H]1O[C@H](COC)C(OP(O)(=S)OC)[C@@H]1C/C=C/CCCCNC(=S)C#CC#CC#CC#CC#CC#CC#CC#CC#CC#CC. The summed E-state index contributed by atoms with van der Waals surface area (Å²) < 4.78 is 21.6. The first kappa shape index (κ1) is 39.8. The lowest BCUT2D eigenvalue weighted by Crippen LogP contribution is -2.32. The fourth-order valence-corrected chi connectivity index (χ4v) is 4.54. The van der Waals surface area contributed by atoms with E-state index in [2.05, 4.69) is 130 Å². The van der Waals surface area contributed by atoms with Crippen LogP contribution < -0.4 is 5.32 Å². The summed E-state index contributed by atoms with van der Waals surface area (Å²) in [5.41, 5.74) is 0. The van der Waals surface area contributed by atoms with Crippen molar-refractivity contribution in [2.24, 2.45) is 5.92 Å². The molecule has 10 heteroatoms. The highest BCUT2D eigenvalue weighted by atomic mass is 32.5. The lowest BCUT2D eigenvalue weighted by molar-refractivity contribution is -0.0146. The molecule has 0 aromatic heterocycles. The molecule has 228 valence electrons. The first-order valence-corrected chi connectivity index (χ1v) is 16.7. The van der Waals surface area contributed by atoms with Gasteiger partial charge in [0.15, 0.2) is 4.99 Å². The van der Waals surface area contributed by atoms with Crippen molar-refractivity contribution in [3.05, 3.63) is 12.2 Å².